The fraction of sp³-hybridized carbons (Fsp3) is 0.278. The molecule has 2 saturated heterocycles. The molecule has 340 valence electrons. The highest BCUT2D eigenvalue weighted by Crippen LogP contribution is 2.42. The number of aromatic amines is 4. The Kier molecular flexibility index (Phi) is 10.1. The number of anilines is 3. The van der Waals surface area contributed by atoms with Gasteiger partial charge in [-0.15, -0.1) is 0 Å². The summed E-state index contributed by atoms with van der Waals surface area (Å²) in [5.74, 6) is 0.156. The van der Waals surface area contributed by atoms with Crippen LogP contribution in [0.3, 0.4) is 0 Å². The van der Waals surface area contributed by atoms with E-state index in [9.17, 15) is 4.79 Å². The van der Waals surface area contributed by atoms with Crippen molar-refractivity contribution in [3.8, 4) is 45.0 Å². The van der Waals surface area contributed by atoms with Gasteiger partial charge < -0.3 is 25.1 Å². The second-order valence-corrected chi connectivity index (χ2v) is 19.6. The van der Waals surface area contributed by atoms with Gasteiger partial charge in [-0.25, -0.2) is 9.97 Å². The first kappa shape index (κ1) is 41.6. The second-order valence-electron chi connectivity index (χ2n) is 19.6. The van der Waals surface area contributed by atoms with Crippen molar-refractivity contribution >= 4 is 66.8 Å². The first-order chi connectivity index (χ1) is 33.1. The molecule has 0 radical (unpaired) electrons. The lowest BCUT2D eigenvalue weighted by molar-refractivity contribution is -0.123. The number of hydrogen-bond donors (Lipinski definition) is 5. The van der Waals surface area contributed by atoms with Crippen LogP contribution in [-0.2, 0) is 4.79 Å². The Bertz CT molecular complexity index is 3550. The zero-order chi connectivity index (χ0) is 46.1. The van der Waals surface area contributed by atoms with Crippen molar-refractivity contribution in [2.45, 2.75) is 65.7 Å². The number of pyridine rings is 4. The zero-order valence-corrected chi connectivity index (χ0v) is 38.7. The summed E-state index contributed by atoms with van der Waals surface area (Å²) in [6.45, 7) is 11.7. The van der Waals surface area contributed by atoms with Crippen LogP contribution in [0.15, 0.2) is 104 Å². The number of nitrogens with one attached hydrogen (secondary N) is 5. The molecule has 8 aromatic heterocycles. The van der Waals surface area contributed by atoms with Gasteiger partial charge >= 0.3 is 0 Å². The molecule has 0 aliphatic carbocycles. The van der Waals surface area contributed by atoms with E-state index in [1.807, 2.05) is 70.0 Å². The van der Waals surface area contributed by atoms with E-state index in [-0.39, 0.29) is 11.8 Å². The van der Waals surface area contributed by atoms with Crippen molar-refractivity contribution in [2.75, 3.05) is 41.3 Å². The number of hydrogen-bond acceptors (Lipinski definition) is 9. The topological polar surface area (TPSA) is 176 Å². The number of H-pyrrole nitrogens is 4. The maximum atomic E-state index is 12.8. The molecule has 1 unspecified atom stereocenters. The molecule has 12 rings (SSSR count). The minimum Gasteiger partial charge on any atom is -0.371 e. The lowest BCUT2D eigenvalue weighted by Gasteiger charge is -2.35. The van der Waals surface area contributed by atoms with Gasteiger partial charge in [0.1, 0.15) is 22.7 Å². The average Bonchev–Trinajstić information content (AvgIpc) is 4.18. The van der Waals surface area contributed by atoms with E-state index in [1.54, 1.807) is 6.20 Å². The number of benzene rings is 2. The Labute approximate surface area is 393 Å². The molecule has 2 aromatic carbocycles. The van der Waals surface area contributed by atoms with Crippen LogP contribution in [0.1, 0.15) is 69.9 Å². The number of nitrogens with zero attached hydrogens (tertiary/aromatic N) is 8. The van der Waals surface area contributed by atoms with Crippen molar-refractivity contribution < 1.29 is 4.79 Å². The number of carbonyl (C=O) groups is 1. The number of fused-ring (bicyclic) bond motifs is 4. The molecular formula is C54H53N13O. The van der Waals surface area contributed by atoms with Crippen LogP contribution in [0, 0.1) is 12.3 Å². The lowest BCUT2D eigenvalue weighted by Crippen LogP contribution is -2.34. The van der Waals surface area contributed by atoms with E-state index in [1.165, 1.54) is 36.1 Å². The summed E-state index contributed by atoms with van der Waals surface area (Å²) in [5.41, 5.74) is 16.2. The van der Waals surface area contributed by atoms with Gasteiger partial charge in [-0.3, -0.25) is 25.0 Å². The van der Waals surface area contributed by atoms with Crippen molar-refractivity contribution in [3.05, 3.63) is 115 Å². The van der Waals surface area contributed by atoms with Crippen LogP contribution in [0.5, 0.6) is 0 Å². The lowest BCUT2D eigenvalue weighted by atomic mass is 9.86. The normalized spacial score (nSPS) is 15.9. The maximum Gasteiger partial charge on any atom is 0.229 e. The van der Waals surface area contributed by atoms with Gasteiger partial charge in [-0.1, -0.05) is 26.8 Å². The number of aromatic nitrogens is 10. The molecule has 2 fully saturated rings. The molecule has 14 heteroatoms. The van der Waals surface area contributed by atoms with Gasteiger partial charge in [0.25, 0.3) is 0 Å². The molecule has 68 heavy (non-hydrogen) atoms. The Morgan fingerprint density at radius 1 is 0.662 bits per heavy atom. The molecule has 14 nitrogen and oxygen atoms in total. The Balaban J connectivity index is 0.886. The summed E-state index contributed by atoms with van der Waals surface area (Å²) in [5, 5.41) is 23.9. The monoisotopic (exact) mass is 899 g/mol. The summed E-state index contributed by atoms with van der Waals surface area (Å²) < 4.78 is 0. The molecular weight excluding hydrogens is 847 g/mol. The van der Waals surface area contributed by atoms with E-state index >= 15 is 0 Å². The van der Waals surface area contributed by atoms with Gasteiger partial charge in [-0.05, 0) is 122 Å². The summed E-state index contributed by atoms with van der Waals surface area (Å²) in [4.78, 5) is 43.7. The van der Waals surface area contributed by atoms with E-state index < -0.39 is 5.41 Å². The molecule has 0 saturated carbocycles. The minimum absolute atomic E-state index is 0.0635. The predicted molar refractivity (Wildman–Crippen MR) is 272 cm³/mol. The van der Waals surface area contributed by atoms with Crippen LogP contribution >= 0.6 is 0 Å². The Morgan fingerprint density at radius 3 is 2.12 bits per heavy atom. The molecule has 1 atom stereocenters. The first-order valence-electron chi connectivity index (χ1n) is 23.8. The average molecular weight is 900 g/mol. The van der Waals surface area contributed by atoms with Crippen molar-refractivity contribution in [1.82, 2.24) is 50.3 Å². The number of aryl methyl sites for hydroxylation is 1. The highest BCUT2D eigenvalue weighted by Gasteiger charge is 2.28. The van der Waals surface area contributed by atoms with E-state index in [2.05, 4.69) is 101 Å². The van der Waals surface area contributed by atoms with Crippen molar-refractivity contribution in [2.24, 2.45) is 5.41 Å². The fourth-order valence-electron chi connectivity index (χ4n) is 10.4. The third kappa shape index (κ3) is 7.40. The van der Waals surface area contributed by atoms with Crippen LogP contribution in [-0.4, -0.2) is 82.4 Å². The van der Waals surface area contributed by atoms with Crippen LogP contribution in [0.2, 0.25) is 0 Å². The fourth-order valence-corrected chi connectivity index (χ4v) is 10.4. The van der Waals surface area contributed by atoms with Gasteiger partial charge in [-0.2, -0.15) is 10.2 Å². The molecule has 2 aliphatic heterocycles. The zero-order valence-electron chi connectivity index (χ0n) is 38.7. The third-order valence-corrected chi connectivity index (χ3v) is 14.1. The summed E-state index contributed by atoms with van der Waals surface area (Å²) in [6.07, 6.45) is 16.9. The van der Waals surface area contributed by atoms with E-state index in [0.717, 1.165) is 134 Å². The molecule has 5 N–H and O–H groups in total. The molecule has 10 heterocycles. The minimum atomic E-state index is -0.524. The van der Waals surface area contributed by atoms with Gasteiger partial charge in [0.2, 0.25) is 5.91 Å². The van der Waals surface area contributed by atoms with Crippen molar-refractivity contribution in [3.63, 3.8) is 0 Å². The number of piperidine rings is 2. The highest BCUT2D eigenvalue weighted by atomic mass is 16.2. The molecule has 10 aromatic rings. The van der Waals surface area contributed by atoms with Gasteiger partial charge in [0.15, 0.2) is 0 Å². The SMILES string of the molecule is Cc1ccncc1-c1cc(C2CCCN(c3ccnc4[nH]c(-c5n[nH]c6ccc(-c7cncc(NC(=O)C(C)(C)C)c7)cc56)cc34)C2)c2[nH]nc(-c3cc4c(N5CCCCC5)ccnc4[nH]3)c2c1. The summed E-state index contributed by atoms with van der Waals surface area (Å²) >= 11 is 0. The van der Waals surface area contributed by atoms with Gasteiger partial charge in [0.05, 0.1) is 34.3 Å². The van der Waals surface area contributed by atoms with E-state index in [4.69, 9.17) is 20.2 Å². The Morgan fingerprint density at radius 2 is 1.37 bits per heavy atom. The molecule has 0 bridgehead atoms. The third-order valence-electron chi connectivity index (χ3n) is 14.1. The van der Waals surface area contributed by atoms with Crippen LogP contribution in [0.4, 0.5) is 17.1 Å². The molecule has 0 spiro atoms. The van der Waals surface area contributed by atoms with Crippen LogP contribution < -0.4 is 15.1 Å². The maximum absolute atomic E-state index is 12.8. The molecule has 1 amide bonds. The van der Waals surface area contributed by atoms with Crippen LogP contribution in [0.25, 0.3) is 88.9 Å². The second kappa shape index (κ2) is 16.5. The number of rotatable bonds is 8. The highest BCUT2D eigenvalue weighted by molar-refractivity contribution is 6.03. The summed E-state index contributed by atoms with van der Waals surface area (Å²) in [7, 11) is 0. The summed E-state index contributed by atoms with van der Waals surface area (Å²) in [6, 6.07) is 23.6. The van der Waals surface area contributed by atoms with Crippen molar-refractivity contribution in [1.29, 1.82) is 0 Å². The number of carbonyl (C=O) groups excluding carboxylic acids is 1. The smallest absolute Gasteiger partial charge is 0.229 e. The predicted octanol–water partition coefficient (Wildman–Crippen LogP) is 11.3. The quantitative estimate of drug-likeness (QED) is 0.0993. The van der Waals surface area contributed by atoms with E-state index in [0.29, 0.717) is 5.69 Å². The largest absolute Gasteiger partial charge is 0.371 e. The first-order valence-corrected chi connectivity index (χ1v) is 23.8. The van der Waals surface area contributed by atoms with Gasteiger partial charge in [0, 0.05) is 113 Å². The number of amides is 1. The Hall–Kier alpha value is -7.87. The standard InChI is InChI=1S/C54H53N13O/c1-31-12-15-55-29-42(31)34-23-37(48-41(24-34)50(65-63-48)45-25-39-46(13-16-57-51(39)61-45)66-18-6-5-7-19-66)33-9-8-20-67(30-33)47-14-17-58-52-40(47)26-44(60-52)49-38-22-32(10-11-43(38)62-64-49)35-21-36(28-56-27-35)59-53(68)54(2,3)4/h10-17,21-29,33H,5-9,18-20,30H2,1-4H3,(H,57,61)(H,58,60)(H,59,68)(H,62,64)(H,63,65). The molecule has 2 aliphatic rings.